The van der Waals surface area contributed by atoms with Gasteiger partial charge in [0, 0.05) is 25.3 Å². The minimum atomic E-state index is -0.409. The highest BCUT2D eigenvalue weighted by Crippen LogP contribution is 2.56. The summed E-state index contributed by atoms with van der Waals surface area (Å²) in [5, 5.41) is 17.8. The molecule has 0 amide bonds. The van der Waals surface area contributed by atoms with Gasteiger partial charge in [-0.3, -0.25) is 0 Å². The van der Waals surface area contributed by atoms with Gasteiger partial charge in [-0.05, 0) is 68.1 Å². The monoisotopic (exact) mass is 422 g/mol. The first-order valence-electron chi connectivity index (χ1n) is 11.5. The van der Waals surface area contributed by atoms with Gasteiger partial charge < -0.3 is 25.4 Å². The smallest absolute Gasteiger partial charge is 0.229 e. The number of pyridine rings is 1. The molecule has 4 saturated carbocycles. The van der Waals surface area contributed by atoms with Crippen molar-refractivity contribution >= 4 is 23.3 Å². The summed E-state index contributed by atoms with van der Waals surface area (Å²) in [7, 11) is 0. The molecule has 1 saturated heterocycles. The summed E-state index contributed by atoms with van der Waals surface area (Å²) in [6, 6.07) is 6.37. The standard InChI is InChI=1S/C23H30N6O2/c30-23-11-15-9-16(12-23)21(17(10-15)13-23)27-19-3-4-24-22(28-19)26-18-1-2-20(25-14-18)29-5-7-31-8-6-29/h1-4,14-17,21,30H,5-13H2,(H2,24,26,27,28)/t15?,16?,17?,21-,23-. The van der Waals surface area contributed by atoms with E-state index >= 15 is 0 Å². The summed E-state index contributed by atoms with van der Waals surface area (Å²) < 4.78 is 5.41. The van der Waals surface area contributed by atoms with Crippen LogP contribution in [0, 0.1) is 17.8 Å². The van der Waals surface area contributed by atoms with Gasteiger partial charge in [0.15, 0.2) is 0 Å². The van der Waals surface area contributed by atoms with Gasteiger partial charge in [0.1, 0.15) is 11.6 Å². The van der Waals surface area contributed by atoms with Crippen LogP contribution in [0.4, 0.5) is 23.3 Å². The van der Waals surface area contributed by atoms with E-state index in [1.54, 1.807) is 6.20 Å². The molecule has 31 heavy (non-hydrogen) atoms. The van der Waals surface area contributed by atoms with Crippen LogP contribution in [-0.2, 0) is 4.74 Å². The van der Waals surface area contributed by atoms with Gasteiger partial charge in [-0.1, -0.05) is 0 Å². The van der Waals surface area contributed by atoms with Crippen molar-refractivity contribution in [2.45, 2.75) is 43.7 Å². The highest BCUT2D eigenvalue weighted by atomic mass is 16.5. The van der Waals surface area contributed by atoms with Gasteiger partial charge in [0.25, 0.3) is 0 Å². The van der Waals surface area contributed by atoms with Crippen molar-refractivity contribution in [2.24, 2.45) is 17.8 Å². The van der Waals surface area contributed by atoms with Gasteiger partial charge >= 0.3 is 0 Å². The highest BCUT2D eigenvalue weighted by Gasteiger charge is 2.54. The highest BCUT2D eigenvalue weighted by molar-refractivity contribution is 5.56. The molecule has 2 unspecified atom stereocenters. The van der Waals surface area contributed by atoms with Crippen molar-refractivity contribution in [1.29, 1.82) is 0 Å². The number of nitrogens with zero attached hydrogens (tertiary/aromatic N) is 4. The maximum atomic E-state index is 10.8. The first-order chi connectivity index (χ1) is 15.1. The summed E-state index contributed by atoms with van der Waals surface area (Å²) in [6.07, 6.45) is 8.93. The molecule has 0 radical (unpaired) electrons. The second-order valence-corrected chi connectivity index (χ2v) is 9.76. The third-order valence-corrected chi connectivity index (χ3v) is 7.55. The topological polar surface area (TPSA) is 95.4 Å². The molecule has 8 heteroatoms. The number of aromatic nitrogens is 3. The molecule has 164 valence electrons. The van der Waals surface area contributed by atoms with Gasteiger partial charge in [0.05, 0.1) is 30.7 Å². The van der Waals surface area contributed by atoms with E-state index < -0.39 is 5.60 Å². The molecular weight excluding hydrogens is 392 g/mol. The Hall–Kier alpha value is -2.45. The summed E-state index contributed by atoms with van der Waals surface area (Å²) in [5.41, 5.74) is 0.457. The fourth-order valence-corrected chi connectivity index (χ4v) is 6.46. The Morgan fingerprint density at radius 1 is 1.03 bits per heavy atom. The minimum absolute atomic E-state index is 0.397. The predicted molar refractivity (Wildman–Crippen MR) is 118 cm³/mol. The van der Waals surface area contributed by atoms with Crippen molar-refractivity contribution < 1.29 is 9.84 Å². The van der Waals surface area contributed by atoms with Gasteiger partial charge in [0.2, 0.25) is 5.95 Å². The number of hydrogen-bond donors (Lipinski definition) is 3. The molecule has 0 aromatic carbocycles. The predicted octanol–water partition coefficient (Wildman–Crippen LogP) is 2.80. The van der Waals surface area contributed by atoms with Crippen molar-refractivity contribution in [1.82, 2.24) is 15.0 Å². The van der Waals surface area contributed by atoms with E-state index in [0.717, 1.165) is 62.9 Å². The molecule has 5 fully saturated rings. The summed E-state index contributed by atoms with van der Waals surface area (Å²) in [4.78, 5) is 15.9. The number of morpholine rings is 1. The van der Waals surface area contributed by atoms with Crippen LogP contribution in [-0.4, -0.2) is 58.0 Å². The zero-order valence-corrected chi connectivity index (χ0v) is 17.7. The molecule has 1 aliphatic heterocycles. The largest absolute Gasteiger partial charge is 0.390 e. The number of hydrogen-bond acceptors (Lipinski definition) is 8. The number of rotatable bonds is 5. The average molecular weight is 423 g/mol. The minimum Gasteiger partial charge on any atom is -0.390 e. The SMILES string of the molecule is O[C@]12CC3CC(C1)[C@@H](Nc1ccnc(Nc4ccc(N5CCOCC5)nc4)n1)C(C3)C2. The van der Waals surface area contributed by atoms with E-state index in [4.69, 9.17) is 9.72 Å². The fourth-order valence-electron chi connectivity index (χ4n) is 6.46. The van der Waals surface area contributed by atoms with Crippen LogP contribution < -0.4 is 15.5 Å². The van der Waals surface area contributed by atoms with E-state index in [1.807, 2.05) is 24.4 Å². The van der Waals surface area contributed by atoms with E-state index in [1.165, 1.54) is 12.8 Å². The molecule has 2 aromatic rings. The van der Waals surface area contributed by atoms with Crippen LogP contribution in [0.15, 0.2) is 30.6 Å². The second kappa shape index (κ2) is 7.60. The van der Waals surface area contributed by atoms with Crippen molar-refractivity contribution in [3.05, 3.63) is 30.6 Å². The number of nitrogens with one attached hydrogen (secondary N) is 2. The van der Waals surface area contributed by atoms with Crippen LogP contribution in [0.1, 0.15) is 32.1 Å². The van der Waals surface area contributed by atoms with Gasteiger partial charge in [-0.15, -0.1) is 0 Å². The first kappa shape index (κ1) is 19.3. The molecule has 5 aliphatic rings. The quantitative estimate of drug-likeness (QED) is 0.677. The molecule has 4 bridgehead atoms. The Morgan fingerprint density at radius 3 is 2.55 bits per heavy atom. The van der Waals surface area contributed by atoms with E-state index in [2.05, 4.69) is 25.5 Å². The molecule has 4 aliphatic carbocycles. The molecule has 7 rings (SSSR count). The van der Waals surface area contributed by atoms with Crippen LogP contribution in [0.5, 0.6) is 0 Å². The molecule has 0 spiro atoms. The number of anilines is 4. The maximum Gasteiger partial charge on any atom is 0.229 e. The average Bonchev–Trinajstić information content (AvgIpc) is 2.77. The maximum absolute atomic E-state index is 10.8. The lowest BCUT2D eigenvalue weighted by atomic mass is 9.52. The van der Waals surface area contributed by atoms with Crippen molar-refractivity contribution in [3.63, 3.8) is 0 Å². The van der Waals surface area contributed by atoms with Crippen molar-refractivity contribution in [3.8, 4) is 0 Å². The van der Waals surface area contributed by atoms with Crippen LogP contribution >= 0.6 is 0 Å². The Kier molecular flexibility index (Phi) is 4.72. The lowest BCUT2D eigenvalue weighted by Gasteiger charge is -2.58. The second-order valence-electron chi connectivity index (χ2n) is 9.76. The zero-order chi connectivity index (χ0) is 20.8. The van der Waals surface area contributed by atoms with E-state index in [0.29, 0.717) is 29.7 Å². The molecule has 8 nitrogen and oxygen atoms in total. The third-order valence-electron chi connectivity index (χ3n) is 7.55. The fraction of sp³-hybridized carbons (Fsp3) is 0.609. The van der Waals surface area contributed by atoms with Crippen LogP contribution in [0.3, 0.4) is 0 Å². The normalized spacial score (nSPS) is 34.0. The van der Waals surface area contributed by atoms with Gasteiger partial charge in [-0.2, -0.15) is 4.98 Å². The molecule has 2 aromatic heterocycles. The molecule has 2 atom stereocenters. The lowest BCUT2D eigenvalue weighted by Crippen LogP contribution is -2.59. The Balaban J connectivity index is 1.12. The first-order valence-corrected chi connectivity index (χ1v) is 11.5. The Labute approximate surface area is 182 Å². The molecule has 3 heterocycles. The van der Waals surface area contributed by atoms with Crippen LogP contribution in [0.2, 0.25) is 0 Å². The lowest BCUT2D eigenvalue weighted by molar-refractivity contribution is -0.129. The Bertz CT molecular complexity index is 916. The van der Waals surface area contributed by atoms with E-state index in [-0.39, 0.29) is 0 Å². The number of ether oxygens (including phenoxy) is 1. The summed E-state index contributed by atoms with van der Waals surface area (Å²) in [5.74, 6) is 4.16. The summed E-state index contributed by atoms with van der Waals surface area (Å²) >= 11 is 0. The third kappa shape index (κ3) is 3.83. The molecular formula is C23H30N6O2. The summed E-state index contributed by atoms with van der Waals surface area (Å²) in [6.45, 7) is 3.24. The molecule has 3 N–H and O–H groups in total. The van der Waals surface area contributed by atoms with Crippen LogP contribution in [0.25, 0.3) is 0 Å². The van der Waals surface area contributed by atoms with Gasteiger partial charge in [-0.25, -0.2) is 9.97 Å². The van der Waals surface area contributed by atoms with Crippen molar-refractivity contribution in [2.75, 3.05) is 41.8 Å². The zero-order valence-electron chi connectivity index (χ0n) is 17.7. The Morgan fingerprint density at radius 2 is 1.84 bits per heavy atom. The number of aliphatic hydroxyl groups is 1. The van der Waals surface area contributed by atoms with E-state index in [9.17, 15) is 5.11 Å².